The van der Waals surface area contributed by atoms with Gasteiger partial charge in [-0.1, -0.05) is 61.0 Å². The number of anilines is 1. The van der Waals surface area contributed by atoms with Crippen molar-refractivity contribution in [2.75, 3.05) is 5.32 Å². The molecule has 2 nitrogen and oxygen atoms in total. The first kappa shape index (κ1) is 22.1. The Kier molecular flexibility index (Phi) is 6.31. The van der Waals surface area contributed by atoms with Crippen molar-refractivity contribution in [1.29, 1.82) is 0 Å². The van der Waals surface area contributed by atoms with Gasteiger partial charge < -0.3 is 5.32 Å². The summed E-state index contributed by atoms with van der Waals surface area (Å²) in [7, 11) is 0. The van der Waals surface area contributed by atoms with Crippen molar-refractivity contribution in [3.05, 3.63) is 89.7 Å². The van der Waals surface area contributed by atoms with Gasteiger partial charge in [-0.15, -0.1) is 0 Å². The fraction of sp³-hybridized carbons (Fsp3) is 0.269. The van der Waals surface area contributed by atoms with E-state index in [1.165, 1.54) is 0 Å². The Balaban J connectivity index is 1.42. The first-order valence-electron chi connectivity index (χ1n) is 10.6. The number of halogens is 4. The lowest BCUT2D eigenvalue weighted by molar-refractivity contribution is -0.137. The van der Waals surface area contributed by atoms with Crippen molar-refractivity contribution in [2.45, 2.75) is 37.8 Å². The summed E-state index contributed by atoms with van der Waals surface area (Å²) in [6.07, 6.45) is -1.51. The maximum absolute atomic E-state index is 14.1. The molecule has 2 atom stereocenters. The Morgan fingerprint density at radius 1 is 0.875 bits per heavy atom. The molecule has 4 rings (SSSR count). The van der Waals surface area contributed by atoms with Crippen LogP contribution in [0.2, 0.25) is 0 Å². The van der Waals surface area contributed by atoms with Crippen LogP contribution in [-0.4, -0.2) is 5.91 Å². The summed E-state index contributed by atoms with van der Waals surface area (Å²) in [5.41, 5.74) is 2.11. The van der Waals surface area contributed by atoms with Crippen LogP contribution in [0.5, 0.6) is 0 Å². The number of carbonyl (C=O) groups is 1. The molecule has 0 radical (unpaired) electrons. The van der Waals surface area contributed by atoms with E-state index in [2.05, 4.69) is 41.7 Å². The molecule has 32 heavy (non-hydrogen) atoms. The number of alkyl halides is 3. The van der Waals surface area contributed by atoms with Gasteiger partial charge >= 0.3 is 6.18 Å². The van der Waals surface area contributed by atoms with Gasteiger partial charge in [-0.25, -0.2) is 4.39 Å². The van der Waals surface area contributed by atoms with Crippen LogP contribution in [0.3, 0.4) is 0 Å². The molecule has 0 saturated heterocycles. The summed E-state index contributed by atoms with van der Waals surface area (Å²) in [6, 6.07) is 20.5. The predicted molar refractivity (Wildman–Crippen MR) is 117 cm³/mol. The van der Waals surface area contributed by atoms with Crippen LogP contribution in [0.25, 0.3) is 11.1 Å². The topological polar surface area (TPSA) is 29.1 Å². The van der Waals surface area contributed by atoms with Crippen LogP contribution >= 0.6 is 0 Å². The molecule has 1 N–H and O–H groups in total. The molecule has 1 fully saturated rings. The molecule has 0 bridgehead atoms. The molecule has 3 aromatic carbocycles. The molecule has 0 spiro atoms. The molecule has 1 aliphatic rings. The second-order valence-corrected chi connectivity index (χ2v) is 8.23. The van der Waals surface area contributed by atoms with E-state index in [4.69, 9.17) is 0 Å². The van der Waals surface area contributed by atoms with Crippen LogP contribution in [-0.2, 0) is 11.0 Å². The minimum atomic E-state index is -4.63. The van der Waals surface area contributed by atoms with Crippen molar-refractivity contribution < 1.29 is 22.4 Å². The highest BCUT2D eigenvalue weighted by Crippen LogP contribution is 2.38. The summed E-state index contributed by atoms with van der Waals surface area (Å²) in [4.78, 5) is 12.7. The first-order chi connectivity index (χ1) is 15.3. The van der Waals surface area contributed by atoms with Crippen molar-refractivity contribution >= 4 is 11.6 Å². The molecule has 0 aromatic heterocycles. The molecule has 166 valence electrons. The van der Waals surface area contributed by atoms with Gasteiger partial charge in [0.1, 0.15) is 5.82 Å². The molecule has 3 aromatic rings. The van der Waals surface area contributed by atoms with Crippen molar-refractivity contribution in [3.63, 3.8) is 0 Å². The van der Waals surface area contributed by atoms with Crippen molar-refractivity contribution in [3.8, 4) is 11.1 Å². The molecule has 0 heterocycles. The van der Waals surface area contributed by atoms with E-state index in [1.807, 2.05) is 18.2 Å². The molecule has 1 aliphatic carbocycles. The van der Waals surface area contributed by atoms with Gasteiger partial charge in [-0.2, -0.15) is 13.2 Å². The van der Waals surface area contributed by atoms with E-state index in [1.54, 1.807) is 0 Å². The van der Waals surface area contributed by atoms with Crippen LogP contribution in [0, 0.1) is 11.7 Å². The fourth-order valence-corrected chi connectivity index (χ4v) is 4.34. The van der Waals surface area contributed by atoms with E-state index in [0.29, 0.717) is 18.9 Å². The van der Waals surface area contributed by atoms with Crippen LogP contribution in [0.15, 0.2) is 72.8 Å². The minimum absolute atomic E-state index is 0.210. The average Bonchev–Trinajstić information content (AvgIpc) is 2.80. The van der Waals surface area contributed by atoms with E-state index in [9.17, 15) is 22.4 Å². The smallest absolute Gasteiger partial charge is 0.323 e. The Morgan fingerprint density at radius 3 is 2.22 bits per heavy atom. The fourth-order valence-electron chi connectivity index (χ4n) is 4.34. The van der Waals surface area contributed by atoms with Gasteiger partial charge in [-0.05, 0) is 60.1 Å². The summed E-state index contributed by atoms with van der Waals surface area (Å²) in [6.45, 7) is 0. The maximum Gasteiger partial charge on any atom is 0.416 e. The number of rotatable bonds is 4. The highest BCUT2D eigenvalue weighted by atomic mass is 19.4. The summed E-state index contributed by atoms with van der Waals surface area (Å²) in [5.74, 6) is -1.54. The summed E-state index contributed by atoms with van der Waals surface area (Å²) in [5, 5.41) is 2.48. The second kappa shape index (κ2) is 9.15. The van der Waals surface area contributed by atoms with E-state index in [-0.39, 0.29) is 23.4 Å². The zero-order chi connectivity index (χ0) is 22.7. The van der Waals surface area contributed by atoms with Gasteiger partial charge in [0.25, 0.3) is 0 Å². The van der Waals surface area contributed by atoms with E-state index >= 15 is 0 Å². The first-order valence-corrected chi connectivity index (χ1v) is 10.6. The lowest BCUT2D eigenvalue weighted by Gasteiger charge is -2.29. The molecule has 6 heteroatoms. The summed E-state index contributed by atoms with van der Waals surface area (Å²) >= 11 is 0. The van der Waals surface area contributed by atoms with Crippen LogP contribution < -0.4 is 5.32 Å². The molecule has 1 saturated carbocycles. The number of carbonyl (C=O) groups excluding carboxylic acids is 1. The molecule has 0 aliphatic heterocycles. The Bertz CT molecular complexity index is 1080. The normalized spacial score (nSPS) is 18.9. The van der Waals surface area contributed by atoms with Gasteiger partial charge in [-0.3, -0.25) is 4.79 Å². The summed E-state index contributed by atoms with van der Waals surface area (Å²) < 4.78 is 52.3. The predicted octanol–water partition coefficient (Wildman–Crippen LogP) is 7.42. The van der Waals surface area contributed by atoms with Crippen molar-refractivity contribution in [2.24, 2.45) is 5.92 Å². The molecular formula is C26H23F4NO. The Morgan fingerprint density at radius 2 is 1.56 bits per heavy atom. The van der Waals surface area contributed by atoms with E-state index in [0.717, 1.165) is 41.7 Å². The second-order valence-electron chi connectivity index (χ2n) is 8.23. The Labute approximate surface area is 184 Å². The SMILES string of the molecule is O=C(Nc1ccc(C(F)(F)F)cc1F)C1CCCC(c2ccc(-c3ccccc3)cc2)C1. The van der Waals surface area contributed by atoms with Crippen LogP contribution in [0.4, 0.5) is 23.2 Å². The molecule has 2 unspecified atom stereocenters. The lowest BCUT2D eigenvalue weighted by Crippen LogP contribution is -2.28. The van der Waals surface area contributed by atoms with Gasteiger partial charge in [0, 0.05) is 5.92 Å². The average molecular weight is 441 g/mol. The third kappa shape index (κ3) is 5.01. The number of amides is 1. The standard InChI is InChI=1S/C26H23F4NO/c27-23-16-22(26(28,29)30)13-14-24(23)31-25(32)21-8-4-7-20(15-21)19-11-9-18(10-12-19)17-5-2-1-3-6-17/h1-3,5-6,9-14,16,20-21H,4,7-8,15H2,(H,31,32). The van der Waals surface area contributed by atoms with Gasteiger partial charge in [0.05, 0.1) is 11.3 Å². The quantitative estimate of drug-likeness (QED) is 0.419. The number of hydrogen-bond acceptors (Lipinski definition) is 1. The number of hydrogen-bond donors (Lipinski definition) is 1. The zero-order valence-corrected chi connectivity index (χ0v) is 17.3. The lowest BCUT2D eigenvalue weighted by atomic mass is 9.77. The van der Waals surface area contributed by atoms with Gasteiger partial charge in [0.2, 0.25) is 5.91 Å². The van der Waals surface area contributed by atoms with Crippen LogP contribution in [0.1, 0.15) is 42.7 Å². The van der Waals surface area contributed by atoms with Crippen molar-refractivity contribution in [1.82, 2.24) is 0 Å². The third-order valence-electron chi connectivity index (χ3n) is 6.09. The number of benzene rings is 3. The maximum atomic E-state index is 14.1. The van der Waals surface area contributed by atoms with Gasteiger partial charge in [0.15, 0.2) is 0 Å². The monoisotopic (exact) mass is 441 g/mol. The molecule has 1 amide bonds. The molecular weight excluding hydrogens is 418 g/mol. The minimum Gasteiger partial charge on any atom is -0.323 e. The Hall–Kier alpha value is -3.15. The third-order valence-corrected chi connectivity index (χ3v) is 6.09. The highest BCUT2D eigenvalue weighted by molar-refractivity contribution is 5.92. The highest BCUT2D eigenvalue weighted by Gasteiger charge is 2.32. The zero-order valence-electron chi connectivity index (χ0n) is 17.3. The van der Waals surface area contributed by atoms with E-state index < -0.39 is 17.6 Å². The number of nitrogens with one attached hydrogen (secondary N) is 1. The largest absolute Gasteiger partial charge is 0.416 e.